The molecule has 2 rings (SSSR count). The number of rotatable bonds is 10. The van der Waals surface area contributed by atoms with E-state index in [1.165, 1.54) is 27.8 Å². The molecule has 1 nitrogen and oxygen atoms in total. The Hall–Kier alpha value is -3.06. The third-order valence-electron chi connectivity index (χ3n) is 4.46. The lowest BCUT2D eigenvalue weighted by Gasteiger charge is -2.05. The second-order valence-electron chi connectivity index (χ2n) is 6.82. The van der Waals surface area contributed by atoms with Crippen LogP contribution in [0.1, 0.15) is 50.3 Å². The molecule has 0 unspecified atom stereocenters. The molecule has 0 radical (unpaired) electrons. The molecular formula is C28H33N. The van der Waals surface area contributed by atoms with Crippen molar-refractivity contribution in [3.8, 4) is 0 Å². The zero-order chi connectivity index (χ0) is 20.7. The molecule has 1 N–H and O–H groups in total. The summed E-state index contributed by atoms with van der Waals surface area (Å²) >= 11 is 0. The lowest BCUT2D eigenvalue weighted by molar-refractivity contribution is 0.809. The third-order valence-corrected chi connectivity index (χ3v) is 4.46. The van der Waals surface area contributed by atoms with E-state index in [9.17, 15) is 0 Å². The Balaban J connectivity index is 2.21. The highest BCUT2D eigenvalue weighted by atomic mass is 14.8. The van der Waals surface area contributed by atoms with Crippen LogP contribution in [0.25, 0.3) is 17.2 Å². The molecule has 0 spiro atoms. The van der Waals surface area contributed by atoms with Gasteiger partial charge in [-0.2, -0.15) is 0 Å². The van der Waals surface area contributed by atoms with Crippen molar-refractivity contribution < 1.29 is 0 Å². The van der Waals surface area contributed by atoms with Gasteiger partial charge in [0.1, 0.15) is 0 Å². The molecule has 0 saturated carbocycles. The maximum Gasteiger partial charge on any atom is 0.0138 e. The Kier molecular flexibility index (Phi) is 10.1. The Morgan fingerprint density at radius 2 is 1.59 bits per heavy atom. The van der Waals surface area contributed by atoms with E-state index in [4.69, 9.17) is 0 Å². The predicted octanol–water partition coefficient (Wildman–Crippen LogP) is 7.67. The first-order valence-electron chi connectivity index (χ1n) is 10.6. The third kappa shape index (κ3) is 7.83. The zero-order valence-electron chi connectivity index (χ0n) is 17.9. The Bertz CT molecular complexity index is 862. The van der Waals surface area contributed by atoms with Crippen LogP contribution in [0.5, 0.6) is 0 Å². The van der Waals surface area contributed by atoms with E-state index in [0.29, 0.717) is 0 Å². The highest BCUT2D eigenvalue weighted by Gasteiger charge is 1.99. The van der Waals surface area contributed by atoms with Crippen molar-refractivity contribution in [3.05, 3.63) is 114 Å². The minimum atomic E-state index is 0.995. The molecule has 0 heterocycles. The van der Waals surface area contributed by atoms with E-state index in [2.05, 4.69) is 117 Å². The van der Waals surface area contributed by atoms with Gasteiger partial charge in [0.25, 0.3) is 0 Å². The van der Waals surface area contributed by atoms with Crippen LogP contribution in [-0.2, 0) is 0 Å². The summed E-state index contributed by atoms with van der Waals surface area (Å²) in [6.07, 6.45) is 19.3. The Labute approximate surface area is 176 Å². The molecule has 0 aliphatic carbocycles. The van der Waals surface area contributed by atoms with Crippen LogP contribution in [0.15, 0.2) is 97.3 Å². The lowest BCUT2D eigenvalue weighted by Crippen LogP contribution is -2.04. The summed E-state index contributed by atoms with van der Waals surface area (Å²) in [5, 5.41) is 3.29. The number of nitrogens with one attached hydrogen (secondary N) is 1. The molecule has 0 aromatic heterocycles. The van der Waals surface area contributed by atoms with Crippen molar-refractivity contribution >= 4 is 17.2 Å². The summed E-state index contributed by atoms with van der Waals surface area (Å²) < 4.78 is 0. The van der Waals surface area contributed by atoms with Crippen LogP contribution in [0, 0.1) is 0 Å². The fourth-order valence-electron chi connectivity index (χ4n) is 2.98. The van der Waals surface area contributed by atoms with Gasteiger partial charge in [-0.15, -0.1) is 0 Å². The molecule has 0 aliphatic heterocycles. The highest BCUT2D eigenvalue weighted by molar-refractivity contribution is 5.80. The van der Waals surface area contributed by atoms with Crippen molar-refractivity contribution in [1.29, 1.82) is 0 Å². The van der Waals surface area contributed by atoms with Crippen LogP contribution in [0.4, 0.5) is 0 Å². The smallest absolute Gasteiger partial charge is 0.0138 e. The number of hydrogen-bond acceptors (Lipinski definition) is 1. The molecule has 0 atom stereocenters. The average Bonchev–Trinajstić information content (AvgIpc) is 2.76. The van der Waals surface area contributed by atoms with Crippen molar-refractivity contribution in [2.24, 2.45) is 0 Å². The zero-order valence-corrected chi connectivity index (χ0v) is 17.9. The monoisotopic (exact) mass is 383 g/mol. The van der Waals surface area contributed by atoms with E-state index in [1.807, 2.05) is 12.3 Å². The van der Waals surface area contributed by atoms with Crippen molar-refractivity contribution in [2.75, 3.05) is 6.54 Å². The molecule has 0 saturated heterocycles. The first kappa shape index (κ1) is 22.2. The van der Waals surface area contributed by atoms with Gasteiger partial charge in [-0.05, 0) is 59.9 Å². The molecule has 150 valence electrons. The Morgan fingerprint density at radius 1 is 0.862 bits per heavy atom. The fourth-order valence-corrected chi connectivity index (χ4v) is 2.98. The highest BCUT2D eigenvalue weighted by Crippen LogP contribution is 2.20. The minimum absolute atomic E-state index is 0.995. The number of hydrogen-bond donors (Lipinski definition) is 1. The van der Waals surface area contributed by atoms with Gasteiger partial charge in [-0.1, -0.05) is 105 Å². The van der Waals surface area contributed by atoms with E-state index in [0.717, 1.165) is 19.4 Å². The summed E-state index contributed by atoms with van der Waals surface area (Å²) in [6.45, 7) is 7.39. The van der Waals surface area contributed by atoms with Gasteiger partial charge in [0.2, 0.25) is 0 Å². The largest absolute Gasteiger partial charge is 0.391 e. The van der Waals surface area contributed by atoms with Crippen molar-refractivity contribution in [3.63, 3.8) is 0 Å². The van der Waals surface area contributed by atoms with Crippen LogP contribution >= 0.6 is 0 Å². The first-order valence-corrected chi connectivity index (χ1v) is 10.6. The normalized spacial score (nSPS) is 13.1. The van der Waals surface area contributed by atoms with Gasteiger partial charge >= 0.3 is 0 Å². The second-order valence-corrected chi connectivity index (χ2v) is 6.82. The molecule has 2 aromatic rings. The summed E-state index contributed by atoms with van der Waals surface area (Å²) in [5.74, 6) is 0. The molecule has 0 amide bonds. The van der Waals surface area contributed by atoms with E-state index >= 15 is 0 Å². The van der Waals surface area contributed by atoms with Gasteiger partial charge in [0, 0.05) is 6.54 Å². The van der Waals surface area contributed by atoms with Gasteiger partial charge in [-0.25, -0.2) is 0 Å². The number of allylic oxidation sites excluding steroid dienone is 8. The van der Waals surface area contributed by atoms with Crippen molar-refractivity contribution in [2.45, 2.75) is 33.6 Å². The summed E-state index contributed by atoms with van der Waals surface area (Å²) in [4.78, 5) is 0. The van der Waals surface area contributed by atoms with Crippen molar-refractivity contribution in [1.82, 2.24) is 5.32 Å². The van der Waals surface area contributed by atoms with E-state index < -0.39 is 0 Å². The average molecular weight is 384 g/mol. The molecule has 29 heavy (non-hydrogen) atoms. The fraction of sp³-hybridized carbons (Fsp3) is 0.214. The SMILES string of the molecule is C/C=C\C(=C/CC)c1ccc(\C=C/C(=C\C=C\NCCC)c2ccccc2)cc1. The number of benzene rings is 2. The standard InChI is InChI=1S/C28H33N/c1-4-11-25(12-5-2)28-20-17-24(18-21-28)16-19-27(15-10-23-29-22-6-3)26-13-8-7-9-14-26/h4,7-21,23,29H,5-6,22H2,1-3H3/b11-4-,19-16-,23-10+,25-12+,27-15+. The van der Waals surface area contributed by atoms with Crippen LogP contribution in [0.3, 0.4) is 0 Å². The van der Waals surface area contributed by atoms with Crippen LogP contribution in [0.2, 0.25) is 0 Å². The van der Waals surface area contributed by atoms with Gasteiger partial charge < -0.3 is 5.32 Å². The van der Waals surface area contributed by atoms with Gasteiger partial charge in [0.05, 0.1) is 0 Å². The molecule has 0 fully saturated rings. The molecule has 0 bridgehead atoms. The topological polar surface area (TPSA) is 12.0 Å². The first-order chi connectivity index (χ1) is 14.3. The summed E-state index contributed by atoms with van der Waals surface area (Å²) in [5.41, 5.74) is 6.12. The molecule has 2 aromatic carbocycles. The van der Waals surface area contributed by atoms with Gasteiger partial charge in [0.15, 0.2) is 0 Å². The van der Waals surface area contributed by atoms with Gasteiger partial charge in [-0.3, -0.25) is 0 Å². The molecular weight excluding hydrogens is 350 g/mol. The summed E-state index contributed by atoms with van der Waals surface area (Å²) in [7, 11) is 0. The molecule has 1 heteroatoms. The summed E-state index contributed by atoms with van der Waals surface area (Å²) in [6, 6.07) is 19.2. The van der Waals surface area contributed by atoms with E-state index in [1.54, 1.807) is 0 Å². The maximum absolute atomic E-state index is 3.29. The maximum atomic E-state index is 3.29. The predicted molar refractivity (Wildman–Crippen MR) is 130 cm³/mol. The Morgan fingerprint density at radius 3 is 2.24 bits per heavy atom. The second kappa shape index (κ2) is 13.2. The minimum Gasteiger partial charge on any atom is -0.391 e. The lowest BCUT2D eigenvalue weighted by atomic mass is 10.0. The molecule has 0 aliphatic rings. The quantitative estimate of drug-likeness (QED) is 0.328. The van der Waals surface area contributed by atoms with Crippen LogP contribution < -0.4 is 5.32 Å². The van der Waals surface area contributed by atoms with Crippen LogP contribution in [-0.4, -0.2) is 6.54 Å². The van der Waals surface area contributed by atoms with E-state index in [-0.39, 0.29) is 0 Å².